The molecule has 1 unspecified atom stereocenters. The lowest BCUT2D eigenvalue weighted by atomic mass is 9.91. The van der Waals surface area contributed by atoms with Crippen molar-refractivity contribution in [2.24, 2.45) is 0 Å². The van der Waals surface area contributed by atoms with Crippen LogP contribution in [-0.2, 0) is 11.2 Å². The Kier molecular flexibility index (Phi) is 4.52. The first-order valence-corrected chi connectivity index (χ1v) is 7.43. The number of carbonyl (C=O) groups excluding carboxylic acids is 2. The van der Waals surface area contributed by atoms with Crippen LogP contribution in [0.2, 0.25) is 0 Å². The maximum absolute atomic E-state index is 12.6. The first-order valence-electron chi connectivity index (χ1n) is 7.43. The molecule has 1 atom stereocenters. The van der Waals surface area contributed by atoms with Crippen LogP contribution in [0.3, 0.4) is 0 Å². The number of ketones is 2. The van der Waals surface area contributed by atoms with Crippen LogP contribution in [-0.4, -0.2) is 11.6 Å². The molecule has 0 saturated heterocycles. The van der Waals surface area contributed by atoms with Crippen LogP contribution in [0.4, 0.5) is 0 Å². The number of furan rings is 2. The molecule has 0 radical (unpaired) electrons. The van der Waals surface area contributed by atoms with Gasteiger partial charge in [-0.25, -0.2) is 0 Å². The zero-order chi connectivity index (χ0) is 16.1. The highest BCUT2D eigenvalue weighted by atomic mass is 16.3. The van der Waals surface area contributed by atoms with Crippen LogP contribution in [0.5, 0.6) is 0 Å². The van der Waals surface area contributed by atoms with Gasteiger partial charge >= 0.3 is 0 Å². The first kappa shape index (κ1) is 15.0. The molecule has 2 aromatic heterocycles. The van der Waals surface area contributed by atoms with E-state index in [1.165, 1.54) is 12.5 Å². The summed E-state index contributed by atoms with van der Waals surface area (Å²) in [6.07, 6.45) is 3.73. The summed E-state index contributed by atoms with van der Waals surface area (Å²) < 4.78 is 10.4. The molecule has 3 rings (SSSR count). The van der Waals surface area contributed by atoms with Gasteiger partial charge in [-0.1, -0.05) is 30.3 Å². The number of rotatable bonds is 7. The van der Waals surface area contributed by atoms with E-state index in [-0.39, 0.29) is 23.7 Å². The molecule has 0 aliphatic heterocycles. The zero-order valence-corrected chi connectivity index (χ0v) is 12.5. The maximum Gasteiger partial charge on any atom is 0.216 e. The van der Waals surface area contributed by atoms with Gasteiger partial charge in [-0.15, -0.1) is 0 Å². The molecule has 0 fully saturated rings. The molecule has 0 spiro atoms. The van der Waals surface area contributed by atoms with Crippen LogP contribution >= 0.6 is 0 Å². The third kappa shape index (κ3) is 3.48. The standard InChI is InChI=1S/C19H16O4/c20-15(11-10-14-6-2-1-3-7-14)18(16-8-4-12-22-16)19(21)17-9-5-13-23-17/h1-9,12-13,18H,10-11H2. The van der Waals surface area contributed by atoms with E-state index in [0.29, 0.717) is 12.2 Å². The monoisotopic (exact) mass is 308 g/mol. The van der Waals surface area contributed by atoms with Gasteiger partial charge in [0.2, 0.25) is 5.78 Å². The molecular formula is C19H16O4. The second kappa shape index (κ2) is 6.92. The van der Waals surface area contributed by atoms with Crippen molar-refractivity contribution < 1.29 is 18.4 Å². The third-order valence-corrected chi connectivity index (χ3v) is 3.68. The lowest BCUT2D eigenvalue weighted by Crippen LogP contribution is -2.22. The topological polar surface area (TPSA) is 60.4 Å². The highest BCUT2D eigenvalue weighted by Crippen LogP contribution is 2.25. The normalized spacial score (nSPS) is 12.0. The molecular weight excluding hydrogens is 292 g/mol. The lowest BCUT2D eigenvalue weighted by molar-refractivity contribution is -0.119. The summed E-state index contributed by atoms with van der Waals surface area (Å²) in [5.74, 6) is -0.989. The van der Waals surface area contributed by atoms with E-state index >= 15 is 0 Å². The SMILES string of the molecule is O=C(CCc1ccccc1)C(C(=O)c1ccco1)c1ccco1. The second-order valence-electron chi connectivity index (χ2n) is 5.24. The average Bonchev–Trinajstić information content (AvgIpc) is 3.27. The molecule has 4 heteroatoms. The number of benzene rings is 1. The van der Waals surface area contributed by atoms with Gasteiger partial charge in [-0.05, 0) is 36.2 Å². The molecule has 2 heterocycles. The molecule has 0 saturated carbocycles. The van der Waals surface area contributed by atoms with Crippen molar-refractivity contribution in [2.45, 2.75) is 18.8 Å². The Morgan fingerprint density at radius 3 is 2.26 bits per heavy atom. The smallest absolute Gasteiger partial charge is 0.216 e. The Balaban J connectivity index is 1.78. The van der Waals surface area contributed by atoms with Crippen molar-refractivity contribution in [3.63, 3.8) is 0 Å². The molecule has 23 heavy (non-hydrogen) atoms. The molecule has 0 aliphatic carbocycles. The number of hydrogen-bond acceptors (Lipinski definition) is 4. The van der Waals surface area contributed by atoms with Crippen molar-refractivity contribution in [1.82, 2.24) is 0 Å². The predicted molar refractivity (Wildman–Crippen MR) is 84.3 cm³/mol. The Morgan fingerprint density at radius 1 is 0.870 bits per heavy atom. The van der Waals surface area contributed by atoms with Gasteiger partial charge in [0.1, 0.15) is 11.7 Å². The predicted octanol–water partition coefficient (Wildman–Crippen LogP) is 4.04. The molecule has 1 aromatic carbocycles. The maximum atomic E-state index is 12.6. The van der Waals surface area contributed by atoms with Crippen LogP contribution < -0.4 is 0 Å². The quantitative estimate of drug-likeness (QED) is 0.488. The van der Waals surface area contributed by atoms with E-state index in [2.05, 4.69) is 0 Å². The van der Waals surface area contributed by atoms with Crippen LogP contribution in [0.25, 0.3) is 0 Å². The van der Waals surface area contributed by atoms with Gasteiger partial charge in [0, 0.05) is 6.42 Å². The fourth-order valence-electron chi connectivity index (χ4n) is 2.51. The van der Waals surface area contributed by atoms with Gasteiger partial charge in [0.25, 0.3) is 0 Å². The Morgan fingerprint density at radius 2 is 1.61 bits per heavy atom. The van der Waals surface area contributed by atoms with Crippen LogP contribution in [0.15, 0.2) is 76.0 Å². The minimum Gasteiger partial charge on any atom is -0.468 e. The molecule has 0 bridgehead atoms. The van der Waals surface area contributed by atoms with Crippen molar-refractivity contribution in [1.29, 1.82) is 0 Å². The summed E-state index contributed by atoms with van der Waals surface area (Å²) in [4.78, 5) is 25.2. The molecule has 0 amide bonds. The van der Waals surface area contributed by atoms with Gasteiger partial charge in [0.15, 0.2) is 11.5 Å². The summed E-state index contributed by atoms with van der Waals surface area (Å²) in [6.45, 7) is 0. The van der Waals surface area contributed by atoms with Crippen LogP contribution in [0, 0.1) is 0 Å². The van der Waals surface area contributed by atoms with Crippen molar-refractivity contribution in [3.8, 4) is 0 Å². The number of hydrogen-bond donors (Lipinski definition) is 0. The van der Waals surface area contributed by atoms with Gasteiger partial charge in [0.05, 0.1) is 12.5 Å². The van der Waals surface area contributed by atoms with Crippen LogP contribution in [0.1, 0.15) is 34.2 Å². The fraction of sp³-hybridized carbons (Fsp3) is 0.158. The third-order valence-electron chi connectivity index (χ3n) is 3.68. The second-order valence-corrected chi connectivity index (χ2v) is 5.24. The van der Waals surface area contributed by atoms with E-state index in [0.717, 1.165) is 5.56 Å². The summed E-state index contributed by atoms with van der Waals surface area (Å²) >= 11 is 0. The van der Waals surface area contributed by atoms with E-state index in [9.17, 15) is 9.59 Å². The largest absolute Gasteiger partial charge is 0.468 e. The lowest BCUT2D eigenvalue weighted by Gasteiger charge is -2.11. The summed E-state index contributed by atoms with van der Waals surface area (Å²) in [6, 6.07) is 16.2. The van der Waals surface area contributed by atoms with Gasteiger partial charge < -0.3 is 8.83 Å². The highest BCUT2D eigenvalue weighted by Gasteiger charge is 2.32. The average molecular weight is 308 g/mol. The van der Waals surface area contributed by atoms with E-state index in [1.807, 2.05) is 30.3 Å². The minimum absolute atomic E-state index is 0.166. The van der Waals surface area contributed by atoms with Gasteiger partial charge in [-0.3, -0.25) is 9.59 Å². The Labute approximate surface area is 133 Å². The molecule has 0 aliphatic rings. The highest BCUT2D eigenvalue weighted by molar-refractivity contribution is 6.13. The summed E-state index contributed by atoms with van der Waals surface area (Å²) in [5, 5.41) is 0. The van der Waals surface area contributed by atoms with Gasteiger partial charge in [-0.2, -0.15) is 0 Å². The van der Waals surface area contributed by atoms with Crippen molar-refractivity contribution >= 4 is 11.6 Å². The number of aryl methyl sites for hydroxylation is 1. The van der Waals surface area contributed by atoms with E-state index in [1.54, 1.807) is 24.3 Å². The fourth-order valence-corrected chi connectivity index (χ4v) is 2.51. The number of carbonyl (C=O) groups is 2. The molecule has 3 aromatic rings. The molecule has 4 nitrogen and oxygen atoms in total. The van der Waals surface area contributed by atoms with E-state index < -0.39 is 5.92 Å². The number of Topliss-reactive ketones (excluding diaryl/α,β-unsaturated/α-hetero) is 2. The zero-order valence-electron chi connectivity index (χ0n) is 12.5. The first-order chi connectivity index (χ1) is 11.3. The summed E-state index contributed by atoms with van der Waals surface area (Å²) in [7, 11) is 0. The molecule has 116 valence electrons. The molecule has 0 N–H and O–H groups in total. The minimum atomic E-state index is -0.958. The Bertz CT molecular complexity index is 755. The van der Waals surface area contributed by atoms with Crippen molar-refractivity contribution in [2.75, 3.05) is 0 Å². The van der Waals surface area contributed by atoms with E-state index in [4.69, 9.17) is 8.83 Å². The summed E-state index contributed by atoms with van der Waals surface area (Å²) in [5.41, 5.74) is 1.06. The Hall–Kier alpha value is -2.88. The van der Waals surface area contributed by atoms with Crippen molar-refractivity contribution in [3.05, 3.63) is 84.2 Å².